The number of hydrogen-bond acceptors (Lipinski definition) is 3. The average molecular weight is 296 g/mol. The first-order valence-electron chi connectivity index (χ1n) is 6.89. The molecule has 1 aromatic heterocycles. The highest BCUT2D eigenvalue weighted by molar-refractivity contribution is 7.14. The number of thiazole rings is 1. The van der Waals surface area contributed by atoms with Crippen LogP contribution in [0.2, 0.25) is 0 Å². The lowest BCUT2D eigenvalue weighted by Crippen LogP contribution is -2.12. The van der Waals surface area contributed by atoms with Gasteiger partial charge in [-0.25, -0.2) is 4.98 Å². The highest BCUT2D eigenvalue weighted by atomic mass is 32.1. The fraction of sp³-hybridized carbons (Fsp3) is 0.176. The predicted molar refractivity (Wildman–Crippen MR) is 88.1 cm³/mol. The molecule has 1 heterocycles. The number of aromatic nitrogens is 1. The monoisotopic (exact) mass is 296 g/mol. The summed E-state index contributed by atoms with van der Waals surface area (Å²) in [4.78, 5) is 16.9. The van der Waals surface area contributed by atoms with Crippen molar-refractivity contribution < 1.29 is 4.79 Å². The van der Waals surface area contributed by atoms with E-state index in [2.05, 4.69) is 24.1 Å². The lowest BCUT2D eigenvalue weighted by Gasteiger charge is -2.06. The van der Waals surface area contributed by atoms with Gasteiger partial charge in [-0.2, -0.15) is 0 Å². The van der Waals surface area contributed by atoms with Crippen molar-refractivity contribution in [3.05, 3.63) is 59.1 Å². The molecule has 0 fully saturated rings. The smallest absolute Gasteiger partial charge is 0.258 e. The number of hydrogen-bond donors (Lipinski definition) is 1. The minimum Gasteiger partial charge on any atom is -0.298 e. The second-order valence-corrected chi connectivity index (χ2v) is 6.07. The third kappa shape index (κ3) is 2.81. The molecule has 21 heavy (non-hydrogen) atoms. The summed E-state index contributed by atoms with van der Waals surface area (Å²) in [5, 5.41) is 7.55. The molecule has 3 aromatic rings. The Morgan fingerprint density at radius 2 is 1.90 bits per heavy atom. The molecule has 0 saturated heterocycles. The van der Waals surface area contributed by atoms with Crippen LogP contribution in [0.3, 0.4) is 0 Å². The predicted octanol–water partition coefficient (Wildman–Crippen LogP) is 4.67. The van der Waals surface area contributed by atoms with Crippen molar-refractivity contribution in [2.24, 2.45) is 0 Å². The SMILES string of the molecule is CC(C)c1csc(NC(=O)c2cccc3ccccc23)n1. The van der Waals surface area contributed by atoms with Crippen LogP contribution in [0.4, 0.5) is 5.13 Å². The Balaban J connectivity index is 1.90. The molecule has 3 nitrogen and oxygen atoms in total. The van der Waals surface area contributed by atoms with E-state index < -0.39 is 0 Å². The molecular formula is C17H16N2OS. The Kier molecular flexibility index (Phi) is 3.71. The zero-order valence-corrected chi connectivity index (χ0v) is 12.8. The van der Waals surface area contributed by atoms with Gasteiger partial charge in [0.25, 0.3) is 5.91 Å². The Labute approximate surface area is 127 Å². The number of rotatable bonds is 3. The fourth-order valence-corrected chi connectivity index (χ4v) is 3.06. The van der Waals surface area contributed by atoms with Crippen LogP contribution in [0.25, 0.3) is 10.8 Å². The molecule has 0 unspecified atom stereocenters. The van der Waals surface area contributed by atoms with Gasteiger partial charge in [-0.15, -0.1) is 11.3 Å². The maximum Gasteiger partial charge on any atom is 0.258 e. The quantitative estimate of drug-likeness (QED) is 0.763. The van der Waals surface area contributed by atoms with Crippen molar-refractivity contribution in [2.45, 2.75) is 19.8 Å². The third-order valence-corrected chi connectivity index (χ3v) is 4.14. The average Bonchev–Trinajstić information content (AvgIpc) is 2.95. The van der Waals surface area contributed by atoms with Crippen molar-refractivity contribution in [1.29, 1.82) is 0 Å². The summed E-state index contributed by atoms with van der Waals surface area (Å²) in [7, 11) is 0. The molecule has 0 bridgehead atoms. The molecule has 0 aliphatic rings. The number of benzene rings is 2. The minimum atomic E-state index is -0.114. The Hall–Kier alpha value is -2.20. The second kappa shape index (κ2) is 5.66. The van der Waals surface area contributed by atoms with Gasteiger partial charge in [0.05, 0.1) is 5.69 Å². The van der Waals surface area contributed by atoms with Gasteiger partial charge in [-0.05, 0) is 22.8 Å². The van der Waals surface area contributed by atoms with E-state index in [1.807, 2.05) is 47.8 Å². The molecule has 0 atom stereocenters. The topological polar surface area (TPSA) is 42.0 Å². The zero-order chi connectivity index (χ0) is 14.8. The van der Waals surface area contributed by atoms with Gasteiger partial charge in [0.15, 0.2) is 5.13 Å². The van der Waals surface area contributed by atoms with Crippen molar-refractivity contribution in [3.63, 3.8) is 0 Å². The number of amides is 1. The molecule has 4 heteroatoms. The summed E-state index contributed by atoms with van der Waals surface area (Å²) in [6.07, 6.45) is 0. The zero-order valence-electron chi connectivity index (χ0n) is 12.0. The first kappa shape index (κ1) is 13.8. The largest absolute Gasteiger partial charge is 0.298 e. The van der Waals surface area contributed by atoms with Gasteiger partial charge in [0, 0.05) is 10.9 Å². The van der Waals surface area contributed by atoms with E-state index in [4.69, 9.17) is 0 Å². The first-order chi connectivity index (χ1) is 10.1. The van der Waals surface area contributed by atoms with Crippen LogP contribution in [0, 0.1) is 0 Å². The fourth-order valence-electron chi connectivity index (χ4n) is 2.20. The van der Waals surface area contributed by atoms with Gasteiger partial charge in [0.1, 0.15) is 0 Å². The second-order valence-electron chi connectivity index (χ2n) is 5.21. The number of nitrogens with zero attached hydrogens (tertiary/aromatic N) is 1. The molecule has 2 aromatic carbocycles. The van der Waals surface area contributed by atoms with Crippen LogP contribution in [0.5, 0.6) is 0 Å². The summed E-state index contributed by atoms with van der Waals surface area (Å²) in [5.74, 6) is 0.251. The van der Waals surface area contributed by atoms with Crippen LogP contribution >= 0.6 is 11.3 Å². The maximum absolute atomic E-state index is 12.5. The van der Waals surface area contributed by atoms with Crippen LogP contribution in [-0.2, 0) is 0 Å². The van der Waals surface area contributed by atoms with Crippen molar-refractivity contribution in [2.75, 3.05) is 5.32 Å². The van der Waals surface area contributed by atoms with E-state index in [0.717, 1.165) is 16.5 Å². The lowest BCUT2D eigenvalue weighted by atomic mass is 10.0. The van der Waals surface area contributed by atoms with Gasteiger partial charge >= 0.3 is 0 Å². The van der Waals surface area contributed by atoms with Crippen molar-refractivity contribution in [1.82, 2.24) is 4.98 Å². The van der Waals surface area contributed by atoms with Crippen LogP contribution < -0.4 is 5.32 Å². The number of carbonyl (C=O) groups excluding carboxylic acids is 1. The summed E-state index contributed by atoms with van der Waals surface area (Å²) in [6, 6.07) is 13.6. The molecule has 0 radical (unpaired) electrons. The van der Waals surface area contributed by atoms with E-state index in [-0.39, 0.29) is 5.91 Å². The molecule has 0 aliphatic carbocycles. The maximum atomic E-state index is 12.5. The number of carbonyl (C=O) groups is 1. The van der Waals surface area contributed by atoms with Crippen LogP contribution in [0.1, 0.15) is 35.8 Å². The third-order valence-electron chi connectivity index (χ3n) is 3.37. The van der Waals surface area contributed by atoms with Gasteiger partial charge < -0.3 is 0 Å². The normalized spacial score (nSPS) is 11.0. The molecular weight excluding hydrogens is 280 g/mol. The molecule has 0 aliphatic heterocycles. The highest BCUT2D eigenvalue weighted by Crippen LogP contribution is 2.23. The standard InChI is InChI=1S/C17H16N2OS/c1-11(2)15-10-21-17(18-15)19-16(20)14-9-5-7-12-6-3-4-8-13(12)14/h3-11H,1-2H3,(H,18,19,20). The van der Waals surface area contributed by atoms with Gasteiger partial charge in [0.2, 0.25) is 0 Å². The molecule has 0 saturated carbocycles. The molecule has 3 rings (SSSR count). The molecule has 1 amide bonds. The molecule has 106 valence electrons. The Morgan fingerprint density at radius 3 is 2.67 bits per heavy atom. The molecule has 1 N–H and O–H groups in total. The van der Waals surface area contributed by atoms with E-state index in [0.29, 0.717) is 16.6 Å². The summed E-state index contributed by atoms with van der Waals surface area (Å²) in [5.41, 5.74) is 1.68. The lowest BCUT2D eigenvalue weighted by molar-refractivity contribution is 0.102. The molecule has 0 spiro atoms. The Bertz CT molecular complexity index is 787. The number of nitrogens with one attached hydrogen (secondary N) is 1. The van der Waals surface area contributed by atoms with E-state index in [1.165, 1.54) is 11.3 Å². The minimum absolute atomic E-state index is 0.114. The van der Waals surface area contributed by atoms with E-state index in [1.54, 1.807) is 0 Å². The summed E-state index contributed by atoms with van der Waals surface area (Å²) < 4.78 is 0. The Morgan fingerprint density at radius 1 is 1.14 bits per heavy atom. The van der Waals surface area contributed by atoms with Crippen molar-refractivity contribution >= 4 is 33.1 Å². The number of anilines is 1. The summed E-state index contributed by atoms with van der Waals surface area (Å²) in [6.45, 7) is 4.18. The summed E-state index contributed by atoms with van der Waals surface area (Å²) >= 11 is 1.46. The van der Waals surface area contributed by atoms with E-state index >= 15 is 0 Å². The van der Waals surface area contributed by atoms with Crippen LogP contribution in [-0.4, -0.2) is 10.9 Å². The van der Waals surface area contributed by atoms with Crippen molar-refractivity contribution in [3.8, 4) is 0 Å². The van der Waals surface area contributed by atoms with Gasteiger partial charge in [-0.3, -0.25) is 10.1 Å². The first-order valence-corrected chi connectivity index (χ1v) is 7.77. The number of fused-ring (bicyclic) bond motifs is 1. The van der Waals surface area contributed by atoms with E-state index in [9.17, 15) is 4.79 Å². The highest BCUT2D eigenvalue weighted by Gasteiger charge is 2.12. The van der Waals surface area contributed by atoms with Gasteiger partial charge in [-0.1, -0.05) is 50.2 Å². The van der Waals surface area contributed by atoms with Crippen LogP contribution in [0.15, 0.2) is 47.8 Å².